The number of para-hydroxylation sites is 1. The number of aromatic nitrogens is 1. The third-order valence-electron chi connectivity index (χ3n) is 7.04. The van der Waals surface area contributed by atoms with Crippen LogP contribution in [0, 0.1) is 0 Å². The molecule has 2 N–H and O–H groups in total. The van der Waals surface area contributed by atoms with Crippen LogP contribution in [0.4, 0.5) is 9.59 Å². The summed E-state index contributed by atoms with van der Waals surface area (Å²) in [6.45, 7) is 5.33. The summed E-state index contributed by atoms with van der Waals surface area (Å²) in [7, 11) is 1.49. The van der Waals surface area contributed by atoms with E-state index in [-0.39, 0.29) is 18.9 Å². The number of fused-ring (bicyclic) bond motifs is 4. The highest BCUT2D eigenvalue weighted by atomic mass is 16.6. The summed E-state index contributed by atoms with van der Waals surface area (Å²) in [5.74, 6) is -0.966. The fourth-order valence-corrected chi connectivity index (χ4v) is 5.30. The highest BCUT2D eigenvalue weighted by molar-refractivity contribution is 5.96. The quantitative estimate of drug-likeness (QED) is 0.288. The first kappa shape index (κ1) is 27.8. The van der Waals surface area contributed by atoms with Crippen LogP contribution in [0.5, 0.6) is 5.75 Å². The molecule has 4 aromatic rings. The van der Waals surface area contributed by atoms with Crippen LogP contribution in [-0.4, -0.2) is 53.2 Å². The summed E-state index contributed by atoms with van der Waals surface area (Å²) < 4.78 is 17.9. The second kappa shape index (κ2) is 11.0. The molecule has 1 aromatic heterocycles. The molecule has 1 heterocycles. The van der Waals surface area contributed by atoms with Gasteiger partial charge in [0, 0.05) is 23.9 Å². The predicted octanol–water partition coefficient (Wildman–Crippen LogP) is 5.97. The number of ether oxygens (including phenoxy) is 3. The molecule has 1 aliphatic rings. The zero-order valence-electron chi connectivity index (χ0n) is 23.3. The lowest BCUT2D eigenvalue weighted by atomic mass is 9.98. The minimum Gasteiger partial charge on any atom is -0.495 e. The van der Waals surface area contributed by atoms with Gasteiger partial charge in [0.25, 0.3) is 0 Å². The van der Waals surface area contributed by atoms with Gasteiger partial charge in [0.1, 0.15) is 29.5 Å². The van der Waals surface area contributed by atoms with Crippen molar-refractivity contribution in [3.05, 3.63) is 89.6 Å². The molecule has 0 spiro atoms. The van der Waals surface area contributed by atoms with Gasteiger partial charge in [-0.05, 0) is 54.7 Å². The van der Waals surface area contributed by atoms with Gasteiger partial charge >= 0.3 is 18.2 Å². The monoisotopic (exact) mass is 556 g/mol. The van der Waals surface area contributed by atoms with E-state index in [1.54, 1.807) is 39.0 Å². The number of hydrogen-bond donors (Lipinski definition) is 2. The normalized spacial score (nSPS) is 13.3. The zero-order chi connectivity index (χ0) is 29.3. The first-order valence-electron chi connectivity index (χ1n) is 13.3. The molecule has 9 nitrogen and oxygen atoms in total. The van der Waals surface area contributed by atoms with Gasteiger partial charge in [-0.1, -0.05) is 60.7 Å². The van der Waals surface area contributed by atoms with Gasteiger partial charge in [-0.2, -0.15) is 0 Å². The number of aliphatic carboxylic acids is 1. The van der Waals surface area contributed by atoms with Crippen molar-refractivity contribution in [2.75, 3.05) is 13.7 Å². The maximum atomic E-state index is 13.0. The van der Waals surface area contributed by atoms with E-state index in [0.29, 0.717) is 22.2 Å². The standard InChI is InChI=1S/C32H32N2O7/c1-32(2,3)41-31(38)34-17-19(20-14-9-15-27(39-4)28(20)34)16-26(29(35)36)33-30(37)40-18-25-23-12-7-5-10-21(23)22-11-6-8-13-24(22)25/h5-15,17,25-26H,16,18H2,1-4H3,(H,33,37)(H,35,36). The van der Waals surface area contributed by atoms with E-state index in [1.165, 1.54) is 17.9 Å². The van der Waals surface area contributed by atoms with Crippen LogP contribution in [0.2, 0.25) is 0 Å². The van der Waals surface area contributed by atoms with Crippen LogP contribution in [0.3, 0.4) is 0 Å². The SMILES string of the molecule is COc1cccc2c(CC(NC(=O)OCC3c4ccccc4-c4ccccc43)C(=O)O)cn(C(=O)OC(C)(C)C)c12. The summed E-state index contributed by atoms with van der Waals surface area (Å²) in [5, 5.41) is 13.1. The van der Waals surface area contributed by atoms with Crippen molar-refractivity contribution in [2.45, 2.75) is 44.8 Å². The second-order valence-electron chi connectivity index (χ2n) is 10.9. The predicted molar refractivity (Wildman–Crippen MR) is 153 cm³/mol. The molecule has 41 heavy (non-hydrogen) atoms. The van der Waals surface area contributed by atoms with Crippen LogP contribution >= 0.6 is 0 Å². The van der Waals surface area contributed by atoms with Crippen LogP contribution < -0.4 is 10.1 Å². The number of hydrogen-bond acceptors (Lipinski definition) is 6. The molecule has 0 saturated heterocycles. The molecular weight excluding hydrogens is 524 g/mol. The summed E-state index contributed by atoms with van der Waals surface area (Å²) in [5.41, 5.74) is 4.53. The summed E-state index contributed by atoms with van der Waals surface area (Å²) >= 11 is 0. The Hall–Kier alpha value is -4.79. The molecule has 1 atom stereocenters. The minimum absolute atomic E-state index is 0.0569. The van der Waals surface area contributed by atoms with Crippen molar-refractivity contribution in [1.82, 2.24) is 9.88 Å². The van der Waals surface area contributed by atoms with Crippen molar-refractivity contribution >= 4 is 29.1 Å². The molecular formula is C32H32N2O7. The Kier molecular flexibility index (Phi) is 7.45. The van der Waals surface area contributed by atoms with Gasteiger partial charge in [0.15, 0.2) is 0 Å². The molecule has 5 rings (SSSR count). The van der Waals surface area contributed by atoms with Gasteiger partial charge in [-0.3, -0.25) is 0 Å². The molecule has 1 amide bonds. The summed E-state index contributed by atoms with van der Waals surface area (Å²) in [6, 6.07) is 19.8. The van der Waals surface area contributed by atoms with Gasteiger partial charge in [-0.25, -0.2) is 19.0 Å². The van der Waals surface area contributed by atoms with E-state index in [2.05, 4.69) is 5.32 Å². The maximum absolute atomic E-state index is 13.0. The Bertz CT molecular complexity index is 1590. The number of carbonyl (C=O) groups excluding carboxylic acids is 2. The Morgan fingerprint density at radius 3 is 2.17 bits per heavy atom. The lowest BCUT2D eigenvalue weighted by molar-refractivity contribution is -0.139. The number of benzene rings is 3. The zero-order valence-corrected chi connectivity index (χ0v) is 23.3. The third kappa shape index (κ3) is 5.61. The lowest BCUT2D eigenvalue weighted by Crippen LogP contribution is -2.42. The van der Waals surface area contributed by atoms with Gasteiger partial charge in [0.05, 0.1) is 7.11 Å². The van der Waals surface area contributed by atoms with E-state index in [4.69, 9.17) is 14.2 Å². The highest BCUT2D eigenvalue weighted by Crippen LogP contribution is 2.44. The highest BCUT2D eigenvalue weighted by Gasteiger charge is 2.31. The van der Waals surface area contributed by atoms with Crippen molar-refractivity contribution in [3.63, 3.8) is 0 Å². The molecule has 212 valence electrons. The molecule has 0 saturated carbocycles. The molecule has 0 fully saturated rings. The number of methoxy groups -OCH3 is 1. The summed E-state index contributed by atoms with van der Waals surface area (Å²) in [6.07, 6.45) is -0.0439. The van der Waals surface area contributed by atoms with E-state index in [9.17, 15) is 19.5 Å². The largest absolute Gasteiger partial charge is 0.495 e. The number of carboxylic acids is 1. The minimum atomic E-state index is -1.31. The molecule has 9 heteroatoms. The van der Waals surface area contributed by atoms with Crippen LogP contribution in [0.15, 0.2) is 72.9 Å². The average Bonchev–Trinajstić information content (AvgIpc) is 3.46. The molecule has 3 aromatic carbocycles. The van der Waals surface area contributed by atoms with Crippen LogP contribution in [0.25, 0.3) is 22.0 Å². The number of nitrogens with zero attached hydrogens (tertiary/aromatic N) is 1. The van der Waals surface area contributed by atoms with Gasteiger partial charge in [0.2, 0.25) is 0 Å². The molecule has 0 bridgehead atoms. The smallest absolute Gasteiger partial charge is 0.419 e. The molecule has 1 aliphatic carbocycles. The Morgan fingerprint density at radius 1 is 0.951 bits per heavy atom. The van der Waals surface area contributed by atoms with Crippen molar-refractivity contribution in [1.29, 1.82) is 0 Å². The van der Waals surface area contributed by atoms with E-state index in [1.807, 2.05) is 48.5 Å². The first-order chi connectivity index (χ1) is 19.6. The number of amides is 1. The number of nitrogens with one attached hydrogen (secondary N) is 1. The summed E-state index contributed by atoms with van der Waals surface area (Å²) in [4.78, 5) is 38.1. The van der Waals surface area contributed by atoms with E-state index >= 15 is 0 Å². The van der Waals surface area contributed by atoms with E-state index in [0.717, 1.165) is 22.3 Å². The number of alkyl carbamates (subject to hydrolysis) is 1. The fourth-order valence-electron chi connectivity index (χ4n) is 5.30. The Labute approximate surface area is 237 Å². The Morgan fingerprint density at radius 2 is 1.59 bits per heavy atom. The van der Waals surface area contributed by atoms with Gasteiger partial charge in [-0.15, -0.1) is 0 Å². The number of carboxylic acid groups (broad SMARTS) is 1. The Balaban J connectivity index is 1.35. The lowest BCUT2D eigenvalue weighted by Gasteiger charge is -2.20. The molecule has 1 unspecified atom stereocenters. The third-order valence-corrected chi connectivity index (χ3v) is 7.04. The van der Waals surface area contributed by atoms with Crippen molar-refractivity contribution in [3.8, 4) is 16.9 Å². The maximum Gasteiger partial charge on any atom is 0.419 e. The molecule has 0 radical (unpaired) electrons. The average molecular weight is 557 g/mol. The fraction of sp³-hybridized carbons (Fsp3) is 0.281. The van der Waals surface area contributed by atoms with Crippen molar-refractivity contribution < 1.29 is 33.7 Å². The van der Waals surface area contributed by atoms with Crippen molar-refractivity contribution in [2.24, 2.45) is 0 Å². The topological polar surface area (TPSA) is 116 Å². The number of carbonyl (C=O) groups is 3. The number of rotatable bonds is 7. The van der Waals surface area contributed by atoms with Crippen LogP contribution in [0.1, 0.15) is 43.4 Å². The molecule has 0 aliphatic heterocycles. The van der Waals surface area contributed by atoms with Crippen LogP contribution in [-0.2, 0) is 20.7 Å². The van der Waals surface area contributed by atoms with Gasteiger partial charge < -0.3 is 24.6 Å². The first-order valence-corrected chi connectivity index (χ1v) is 13.3. The van der Waals surface area contributed by atoms with E-state index < -0.39 is 29.8 Å². The second-order valence-corrected chi connectivity index (χ2v) is 10.9.